The molecule has 2 heterocycles. The predicted octanol–water partition coefficient (Wildman–Crippen LogP) is 6.32. The number of benzene rings is 3. The summed E-state index contributed by atoms with van der Waals surface area (Å²) in [7, 11) is 0. The molecule has 1 aliphatic rings. The minimum absolute atomic E-state index is 0.126. The monoisotopic (exact) mass is 443 g/mol. The smallest absolute Gasteiger partial charge is 0.291 e. The van der Waals surface area contributed by atoms with Gasteiger partial charge in [-0.1, -0.05) is 74.0 Å². The van der Waals surface area contributed by atoms with E-state index in [4.69, 9.17) is 16.0 Å². The minimum Gasteiger partial charge on any atom is -0.450 e. The zero-order chi connectivity index (χ0) is 22.4. The first-order chi connectivity index (χ1) is 15.4. The minimum atomic E-state index is -0.518. The first-order valence-electron chi connectivity index (χ1n) is 10.6. The number of nitrogens with zero attached hydrogens (tertiary/aromatic N) is 1. The molecule has 0 aliphatic carbocycles. The Balaban J connectivity index is 1.68. The second kappa shape index (κ2) is 7.95. The summed E-state index contributed by atoms with van der Waals surface area (Å²) in [6.45, 7) is 4.61. The van der Waals surface area contributed by atoms with Crippen LogP contribution in [0.15, 0.2) is 82.0 Å². The van der Waals surface area contributed by atoms with Crippen molar-refractivity contribution >= 4 is 28.5 Å². The number of rotatable bonds is 4. The maximum atomic E-state index is 13.5. The van der Waals surface area contributed by atoms with Crippen molar-refractivity contribution in [2.45, 2.75) is 32.4 Å². The van der Waals surface area contributed by atoms with Crippen LogP contribution in [0.1, 0.15) is 58.6 Å². The molecule has 0 saturated heterocycles. The van der Waals surface area contributed by atoms with E-state index in [2.05, 4.69) is 26.0 Å². The zero-order valence-corrected chi connectivity index (χ0v) is 18.6. The molecule has 0 bridgehead atoms. The Bertz CT molecular complexity index is 1370. The van der Waals surface area contributed by atoms with Crippen molar-refractivity contribution in [1.29, 1.82) is 0 Å². The molecule has 1 atom stereocenters. The summed E-state index contributed by atoms with van der Waals surface area (Å²) in [6, 6.07) is 22.1. The summed E-state index contributed by atoms with van der Waals surface area (Å²) >= 11 is 6.04. The van der Waals surface area contributed by atoms with Gasteiger partial charge in [0.25, 0.3) is 5.91 Å². The Hall–Kier alpha value is -3.37. The summed E-state index contributed by atoms with van der Waals surface area (Å²) in [4.78, 5) is 28.7. The normalized spacial score (nSPS) is 15.6. The fourth-order valence-electron chi connectivity index (χ4n) is 4.33. The number of halogens is 1. The zero-order valence-electron chi connectivity index (χ0n) is 17.8. The molecular formula is C27H22ClNO3. The number of carbonyl (C=O) groups excluding carboxylic acids is 1. The van der Waals surface area contributed by atoms with Gasteiger partial charge in [-0.25, -0.2) is 0 Å². The number of carbonyl (C=O) groups is 1. The maximum Gasteiger partial charge on any atom is 0.291 e. The second-order valence-corrected chi connectivity index (χ2v) is 8.89. The molecule has 32 heavy (non-hydrogen) atoms. The van der Waals surface area contributed by atoms with Crippen LogP contribution >= 0.6 is 11.6 Å². The fraction of sp³-hybridized carbons (Fsp3) is 0.185. The summed E-state index contributed by atoms with van der Waals surface area (Å²) in [5, 5.41) is 1.12. The van der Waals surface area contributed by atoms with Gasteiger partial charge < -0.3 is 9.32 Å². The summed E-state index contributed by atoms with van der Waals surface area (Å²) in [6.07, 6.45) is 0. The Morgan fingerprint density at radius 1 is 0.938 bits per heavy atom. The van der Waals surface area contributed by atoms with Crippen molar-refractivity contribution < 1.29 is 9.21 Å². The Morgan fingerprint density at radius 2 is 1.62 bits per heavy atom. The molecule has 1 unspecified atom stereocenters. The molecule has 5 heteroatoms. The van der Waals surface area contributed by atoms with Gasteiger partial charge in [-0.05, 0) is 46.9 Å². The third kappa shape index (κ3) is 3.41. The number of fused-ring (bicyclic) bond motifs is 2. The summed E-state index contributed by atoms with van der Waals surface area (Å²) in [5.41, 5.74) is 3.68. The van der Waals surface area contributed by atoms with E-state index in [0.717, 1.165) is 11.1 Å². The van der Waals surface area contributed by atoms with Gasteiger partial charge in [-0.2, -0.15) is 0 Å². The molecule has 1 aromatic heterocycles. The van der Waals surface area contributed by atoms with E-state index in [0.29, 0.717) is 34.0 Å². The van der Waals surface area contributed by atoms with Crippen molar-refractivity contribution in [2.75, 3.05) is 0 Å². The number of hydrogen-bond acceptors (Lipinski definition) is 3. The first-order valence-corrected chi connectivity index (χ1v) is 11.0. The van der Waals surface area contributed by atoms with E-state index in [1.54, 1.807) is 41.3 Å². The van der Waals surface area contributed by atoms with Crippen LogP contribution in [0.25, 0.3) is 11.0 Å². The van der Waals surface area contributed by atoms with E-state index < -0.39 is 6.04 Å². The Kier molecular flexibility index (Phi) is 5.10. The SMILES string of the molecule is CC(C)c1ccc(C2c3c(oc4ccccc4c3=O)C(=O)N2Cc2ccc(Cl)cc2)cc1. The van der Waals surface area contributed by atoms with E-state index in [-0.39, 0.29) is 17.1 Å². The van der Waals surface area contributed by atoms with E-state index in [1.807, 2.05) is 24.3 Å². The first kappa shape index (κ1) is 20.5. The van der Waals surface area contributed by atoms with Gasteiger partial charge in [-0.15, -0.1) is 0 Å². The van der Waals surface area contributed by atoms with Gasteiger partial charge in [0.2, 0.25) is 5.76 Å². The highest BCUT2D eigenvalue weighted by atomic mass is 35.5. The highest BCUT2D eigenvalue weighted by molar-refractivity contribution is 6.30. The van der Waals surface area contributed by atoms with E-state index >= 15 is 0 Å². The van der Waals surface area contributed by atoms with Crippen molar-refractivity contribution in [3.63, 3.8) is 0 Å². The number of amides is 1. The lowest BCUT2D eigenvalue weighted by Crippen LogP contribution is -2.29. The fourth-order valence-corrected chi connectivity index (χ4v) is 4.45. The van der Waals surface area contributed by atoms with Crippen LogP contribution in [0.5, 0.6) is 0 Å². The van der Waals surface area contributed by atoms with Gasteiger partial charge in [0.1, 0.15) is 5.58 Å². The van der Waals surface area contributed by atoms with Crippen molar-refractivity contribution in [1.82, 2.24) is 4.90 Å². The highest BCUT2D eigenvalue weighted by Crippen LogP contribution is 2.39. The van der Waals surface area contributed by atoms with Gasteiger partial charge >= 0.3 is 0 Å². The lowest BCUT2D eigenvalue weighted by Gasteiger charge is -2.25. The van der Waals surface area contributed by atoms with Crippen LogP contribution in [0.4, 0.5) is 0 Å². The summed E-state index contributed by atoms with van der Waals surface area (Å²) in [5.74, 6) is 0.233. The van der Waals surface area contributed by atoms with Crippen LogP contribution in [-0.4, -0.2) is 10.8 Å². The molecule has 0 N–H and O–H groups in total. The highest BCUT2D eigenvalue weighted by Gasteiger charge is 2.42. The molecule has 160 valence electrons. The molecular weight excluding hydrogens is 422 g/mol. The van der Waals surface area contributed by atoms with Gasteiger partial charge in [0.15, 0.2) is 5.43 Å². The van der Waals surface area contributed by atoms with Crippen LogP contribution in [-0.2, 0) is 6.54 Å². The van der Waals surface area contributed by atoms with Crippen molar-refractivity contribution in [3.05, 3.63) is 116 Å². The van der Waals surface area contributed by atoms with Crippen LogP contribution in [0.2, 0.25) is 5.02 Å². The van der Waals surface area contributed by atoms with Gasteiger partial charge in [-0.3, -0.25) is 9.59 Å². The number of para-hydroxylation sites is 1. The lowest BCUT2D eigenvalue weighted by atomic mass is 9.95. The molecule has 5 rings (SSSR count). The average Bonchev–Trinajstić information content (AvgIpc) is 3.07. The molecule has 1 aliphatic heterocycles. The van der Waals surface area contributed by atoms with Crippen molar-refractivity contribution in [3.8, 4) is 0 Å². The topological polar surface area (TPSA) is 50.5 Å². The largest absolute Gasteiger partial charge is 0.450 e. The Labute approximate surface area is 191 Å². The second-order valence-electron chi connectivity index (χ2n) is 8.45. The third-order valence-electron chi connectivity index (χ3n) is 6.06. The molecule has 3 aromatic carbocycles. The van der Waals surface area contributed by atoms with Crippen LogP contribution < -0.4 is 5.43 Å². The lowest BCUT2D eigenvalue weighted by molar-refractivity contribution is 0.0714. The number of hydrogen-bond donors (Lipinski definition) is 0. The quantitative estimate of drug-likeness (QED) is 0.371. The molecule has 1 amide bonds. The van der Waals surface area contributed by atoms with Crippen LogP contribution in [0, 0.1) is 0 Å². The van der Waals surface area contributed by atoms with Gasteiger partial charge in [0.05, 0.1) is 17.0 Å². The third-order valence-corrected chi connectivity index (χ3v) is 6.31. The maximum absolute atomic E-state index is 13.5. The summed E-state index contributed by atoms with van der Waals surface area (Å²) < 4.78 is 5.99. The molecule has 0 saturated carbocycles. The molecule has 0 spiro atoms. The van der Waals surface area contributed by atoms with E-state index in [9.17, 15) is 9.59 Å². The van der Waals surface area contributed by atoms with E-state index in [1.165, 1.54) is 5.56 Å². The predicted molar refractivity (Wildman–Crippen MR) is 126 cm³/mol. The van der Waals surface area contributed by atoms with Gasteiger partial charge in [0, 0.05) is 11.6 Å². The molecule has 0 fully saturated rings. The molecule has 4 aromatic rings. The molecule has 4 nitrogen and oxygen atoms in total. The van der Waals surface area contributed by atoms with Crippen molar-refractivity contribution in [2.24, 2.45) is 0 Å². The Morgan fingerprint density at radius 3 is 2.31 bits per heavy atom. The van der Waals surface area contributed by atoms with Crippen LogP contribution in [0.3, 0.4) is 0 Å². The standard InChI is InChI=1S/C27H22ClNO3/c1-16(2)18-9-11-19(12-10-18)24-23-25(30)21-5-3-4-6-22(21)32-26(23)27(31)29(24)15-17-7-13-20(28)14-8-17/h3-14,16,24H,15H2,1-2H3. The molecule has 0 radical (unpaired) electrons. The average molecular weight is 444 g/mol.